The Morgan fingerprint density at radius 3 is 2.80 bits per heavy atom. The minimum Gasteiger partial charge on any atom is -0.225 e. The molecule has 0 radical (unpaired) electrons. The Balaban J connectivity index is 1.57. The number of fused-ring (bicyclic) bond motifs is 3. The number of hydrogen-bond donors (Lipinski definition) is 0. The van der Waals surface area contributed by atoms with Crippen molar-refractivity contribution in [2.24, 2.45) is 0 Å². The van der Waals surface area contributed by atoms with Crippen molar-refractivity contribution in [1.82, 2.24) is 19.6 Å². The van der Waals surface area contributed by atoms with Gasteiger partial charge in [-0.1, -0.05) is 30.7 Å². The molecule has 5 rings (SSSR count). The summed E-state index contributed by atoms with van der Waals surface area (Å²) in [6, 6.07) is 8.14. The Kier molecular flexibility index (Phi) is 3.37. The van der Waals surface area contributed by atoms with Crippen LogP contribution in [0.25, 0.3) is 15.9 Å². The molecule has 3 aromatic heterocycles. The quantitative estimate of drug-likeness (QED) is 0.503. The van der Waals surface area contributed by atoms with Crippen molar-refractivity contribution in [3.05, 3.63) is 57.4 Å². The summed E-state index contributed by atoms with van der Waals surface area (Å²) in [7, 11) is 0. The molecular formula is C19H17ClN4S. The molecule has 6 heteroatoms. The van der Waals surface area contributed by atoms with Crippen LogP contribution in [-0.4, -0.2) is 19.6 Å². The Bertz CT molecular complexity index is 1100. The zero-order valence-corrected chi connectivity index (χ0v) is 15.6. The zero-order chi connectivity index (χ0) is 17.1. The molecule has 1 fully saturated rings. The third-order valence-electron chi connectivity index (χ3n) is 5.12. The molecule has 4 nitrogen and oxygen atoms in total. The largest absolute Gasteiger partial charge is 0.225 e. The fourth-order valence-electron chi connectivity index (χ4n) is 3.72. The van der Waals surface area contributed by atoms with E-state index in [1.165, 1.54) is 21.4 Å². The first kappa shape index (κ1) is 15.3. The molecule has 0 unspecified atom stereocenters. The van der Waals surface area contributed by atoms with Gasteiger partial charge in [-0.05, 0) is 48.9 Å². The van der Waals surface area contributed by atoms with Crippen LogP contribution in [0.5, 0.6) is 0 Å². The van der Waals surface area contributed by atoms with Crippen molar-refractivity contribution in [2.45, 2.75) is 38.5 Å². The van der Waals surface area contributed by atoms with E-state index >= 15 is 0 Å². The molecule has 1 saturated carbocycles. The van der Waals surface area contributed by atoms with Gasteiger partial charge in [0.05, 0.1) is 5.39 Å². The summed E-state index contributed by atoms with van der Waals surface area (Å²) >= 11 is 7.74. The number of halogens is 1. The van der Waals surface area contributed by atoms with Crippen LogP contribution < -0.4 is 0 Å². The van der Waals surface area contributed by atoms with Gasteiger partial charge in [0.1, 0.15) is 11.2 Å². The van der Waals surface area contributed by atoms with Crippen molar-refractivity contribution in [3.63, 3.8) is 0 Å². The fraction of sp³-hybridized carbons (Fsp3) is 0.316. The fourth-order valence-corrected chi connectivity index (χ4v) is 4.93. The Morgan fingerprint density at radius 1 is 1.24 bits per heavy atom. The van der Waals surface area contributed by atoms with Gasteiger partial charge in [-0.2, -0.15) is 0 Å². The zero-order valence-electron chi connectivity index (χ0n) is 14.0. The average Bonchev–Trinajstić information content (AvgIpc) is 3.17. The second-order valence-electron chi connectivity index (χ2n) is 6.65. The van der Waals surface area contributed by atoms with E-state index in [0.717, 1.165) is 34.2 Å². The second kappa shape index (κ2) is 5.51. The van der Waals surface area contributed by atoms with E-state index in [2.05, 4.69) is 31.0 Å². The minimum absolute atomic E-state index is 0.390. The van der Waals surface area contributed by atoms with Gasteiger partial charge >= 0.3 is 0 Å². The second-order valence-corrected chi connectivity index (χ2v) is 8.29. The van der Waals surface area contributed by atoms with Crippen LogP contribution in [0.15, 0.2) is 30.6 Å². The van der Waals surface area contributed by atoms with Gasteiger partial charge in [0.25, 0.3) is 0 Å². The Hall–Kier alpha value is -1.98. The van der Waals surface area contributed by atoms with E-state index < -0.39 is 0 Å². The summed E-state index contributed by atoms with van der Waals surface area (Å²) in [6.45, 7) is 4.35. The first-order valence-electron chi connectivity index (χ1n) is 8.54. The number of nitrogens with zero attached hydrogens (tertiary/aromatic N) is 4. The van der Waals surface area contributed by atoms with Crippen LogP contribution in [0.1, 0.15) is 47.0 Å². The van der Waals surface area contributed by atoms with Gasteiger partial charge in [0, 0.05) is 15.8 Å². The smallest absolute Gasteiger partial charge is 0.167 e. The molecule has 4 aromatic rings. The van der Waals surface area contributed by atoms with E-state index in [-0.39, 0.29) is 0 Å². The number of benzene rings is 1. The van der Waals surface area contributed by atoms with E-state index in [1.807, 2.05) is 16.6 Å². The molecule has 1 aromatic carbocycles. The number of aromatic nitrogens is 4. The van der Waals surface area contributed by atoms with Gasteiger partial charge < -0.3 is 0 Å². The van der Waals surface area contributed by atoms with Crippen molar-refractivity contribution in [2.75, 3.05) is 0 Å². The highest BCUT2D eigenvalue weighted by molar-refractivity contribution is 7.18. The number of thiophene rings is 1. The van der Waals surface area contributed by atoms with Gasteiger partial charge in [-0.15, -0.1) is 16.4 Å². The lowest BCUT2D eigenvalue weighted by atomic mass is 10.1. The molecular weight excluding hydrogens is 352 g/mol. The van der Waals surface area contributed by atoms with E-state index in [0.29, 0.717) is 11.8 Å². The summed E-state index contributed by atoms with van der Waals surface area (Å²) in [5.41, 5.74) is 3.61. The van der Waals surface area contributed by atoms with Crippen LogP contribution in [0, 0.1) is 6.92 Å². The molecule has 126 valence electrons. The topological polar surface area (TPSA) is 43.1 Å². The monoisotopic (exact) mass is 368 g/mol. The molecule has 0 spiro atoms. The maximum absolute atomic E-state index is 6.00. The van der Waals surface area contributed by atoms with Crippen LogP contribution in [0.2, 0.25) is 5.02 Å². The van der Waals surface area contributed by atoms with E-state index in [9.17, 15) is 0 Å². The van der Waals surface area contributed by atoms with Crippen molar-refractivity contribution in [1.29, 1.82) is 0 Å². The van der Waals surface area contributed by atoms with Crippen molar-refractivity contribution < 1.29 is 0 Å². The van der Waals surface area contributed by atoms with Gasteiger partial charge in [-0.3, -0.25) is 0 Å². The first-order valence-corrected chi connectivity index (χ1v) is 9.74. The highest BCUT2D eigenvalue weighted by atomic mass is 35.5. The van der Waals surface area contributed by atoms with Crippen LogP contribution in [0.4, 0.5) is 0 Å². The molecule has 25 heavy (non-hydrogen) atoms. The number of rotatable bonds is 3. The van der Waals surface area contributed by atoms with E-state index in [1.54, 1.807) is 17.7 Å². The maximum atomic E-state index is 6.00. The Morgan fingerprint density at radius 2 is 2.04 bits per heavy atom. The highest BCUT2D eigenvalue weighted by Crippen LogP contribution is 2.53. The third kappa shape index (κ3) is 2.37. The lowest BCUT2D eigenvalue weighted by Gasteiger charge is -1.98. The van der Waals surface area contributed by atoms with Crippen LogP contribution >= 0.6 is 22.9 Å². The summed E-state index contributed by atoms with van der Waals surface area (Å²) in [5, 5.41) is 6.68. The van der Waals surface area contributed by atoms with Gasteiger partial charge in [0.15, 0.2) is 11.5 Å². The van der Waals surface area contributed by atoms with Crippen LogP contribution in [0.3, 0.4) is 0 Å². The molecule has 0 amide bonds. The molecule has 2 atom stereocenters. The lowest BCUT2D eigenvalue weighted by Crippen LogP contribution is -1.91. The molecule has 1 aliphatic carbocycles. The summed E-state index contributed by atoms with van der Waals surface area (Å²) in [4.78, 5) is 11.9. The van der Waals surface area contributed by atoms with Gasteiger partial charge in [0.2, 0.25) is 0 Å². The summed E-state index contributed by atoms with van der Waals surface area (Å²) in [5.74, 6) is 1.81. The van der Waals surface area contributed by atoms with Crippen LogP contribution in [-0.2, 0) is 6.42 Å². The third-order valence-corrected chi connectivity index (χ3v) is 6.43. The maximum Gasteiger partial charge on any atom is 0.167 e. The molecule has 0 saturated heterocycles. The van der Waals surface area contributed by atoms with Crippen molar-refractivity contribution >= 4 is 38.8 Å². The lowest BCUT2D eigenvalue weighted by molar-refractivity contribution is 0.850. The predicted molar refractivity (Wildman–Crippen MR) is 102 cm³/mol. The first-order chi connectivity index (χ1) is 12.2. The molecule has 3 heterocycles. The number of aryl methyl sites for hydroxylation is 2. The molecule has 1 aliphatic rings. The SMILES string of the molecule is CCc1c(C)sc2ncn3nc([C@@H]4C[C@H]4c4ccc(Cl)cc4)nc3c12. The highest BCUT2D eigenvalue weighted by Gasteiger charge is 2.42. The molecule has 0 N–H and O–H groups in total. The van der Waals surface area contributed by atoms with Gasteiger partial charge in [-0.25, -0.2) is 14.5 Å². The Labute approximate surface area is 154 Å². The number of hydrogen-bond acceptors (Lipinski definition) is 4. The normalized spacial score (nSPS) is 19.8. The molecule has 0 aliphatic heterocycles. The standard InChI is InChI=1S/C19H17ClN4S/c1-3-13-10(2)25-19-16(13)18-22-17(23-24(18)9-21-19)15-8-14(15)11-4-6-12(20)7-5-11/h4-7,9,14-15H,3,8H2,1-2H3/t14-,15+/m0/s1. The minimum atomic E-state index is 0.390. The summed E-state index contributed by atoms with van der Waals surface area (Å²) in [6.07, 6.45) is 3.88. The average molecular weight is 369 g/mol. The van der Waals surface area contributed by atoms with E-state index in [4.69, 9.17) is 21.7 Å². The predicted octanol–water partition coefficient (Wildman–Crippen LogP) is 5.13. The van der Waals surface area contributed by atoms with Crippen molar-refractivity contribution in [3.8, 4) is 0 Å². The summed E-state index contributed by atoms with van der Waals surface area (Å²) < 4.78 is 1.85. The molecule has 0 bridgehead atoms.